The van der Waals surface area contributed by atoms with Crippen molar-refractivity contribution in [2.45, 2.75) is 44.9 Å². The Morgan fingerprint density at radius 3 is 2.45 bits per heavy atom. The van der Waals surface area contributed by atoms with Crippen LogP contribution in [0.1, 0.15) is 45.1 Å². The molecule has 1 heterocycles. The van der Waals surface area contributed by atoms with E-state index in [2.05, 4.69) is 12.2 Å². The third-order valence-electron chi connectivity index (χ3n) is 4.41. The van der Waals surface area contributed by atoms with Crippen LogP contribution in [-0.2, 0) is 15.0 Å². The van der Waals surface area contributed by atoms with Gasteiger partial charge in [-0.1, -0.05) is 32.4 Å². The third-order valence-corrected chi connectivity index (χ3v) is 4.41. The number of amides is 2. The fourth-order valence-corrected chi connectivity index (χ4v) is 3.37. The Morgan fingerprint density at radius 1 is 1.25 bits per heavy atom. The summed E-state index contributed by atoms with van der Waals surface area (Å²) in [4.78, 5) is 24.3. The molecule has 1 aliphatic rings. The predicted molar refractivity (Wildman–Crippen MR) is 79.0 cm³/mol. The molecule has 1 aromatic rings. The normalized spacial score (nSPS) is 26.4. The summed E-state index contributed by atoms with van der Waals surface area (Å²) in [7, 11) is 0. The second-order valence-electron chi connectivity index (χ2n) is 5.51. The largest absolute Gasteiger partial charge is 0.399 e. The molecule has 0 saturated carbocycles. The lowest BCUT2D eigenvalue weighted by molar-refractivity contribution is -0.141. The van der Waals surface area contributed by atoms with Gasteiger partial charge in [0.25, 0.3) is 0 Å². The first-order valence-electron chi connectivity index (χ1n) is 7.24. The van der Waals surface area contributed by atoms with Gasteiger partial charge in [0.2, 0.25) is 11.8 Å². The second-order valence-corrected chi connectivity index (χ2v) is 5.51. The molecule has 2 atom stereocenters. The molecule has 1 saturated heterocycles. The summed E-state index contributed by atoms with van der Waals surface area (Å²) in [5.41, 5.74) is 6.76. The standard InChI is InChI=1S/C16H22N2O2/c1-3-5-12-10-14(19)18-15(20)16(12,4-2)11-6-8-13(17)9-7-11/h6-9,12H,3-5,10,17H2,1-2H3,(H,18,19,20)/t12-,16-/m1/s1. The Hall–Kier alpha value is -1.84. The SMILES string of the molecule is CCC[C@@H]1CC(=O)NC(=O)[C@]1(CC)c1ccc(N)cc1. The smallest absolute Gasteiger partial charge is 0.237 e. The maximum atomic E-state index is 12.6. The molecule has 0 bridgehead atoms. The van der Waals surface area contributed by atoms with Crippen LogP contribution in [0.25, 0.3) is 0 Å². The van der Waals surface area contributed by atoms with Crippen LogP contribution in [0.4, 0.5) is 5.69 Å². The highest BCUT2D eigenvalue weighted by Gasteiger charge is 2.49. The number of nitrogens with one attached hydrogen (secondary N) is 1. The van der Waals surface area contributed by atoms with Gasteiger partial charge in [-0.25, -0.2) is 0 Å². The minimum atomic E-state index is -0.613. The highest BCUT2D eigenvalue weighted by Crippen LogP contribution is 2.42. The van der Waals surface area contributed by atoms with E-state index in [1.165, 1.54) is 0 Å². The molecule has 1 fully saturated rings. The topological polar surface area (TPSA) is 72.2 Å². The molecule has 0 aromatic heterocycles. The average molecular weight is 274 g/mol. The first kappa shape index (κ1) is 14.6. The number of piperidine rings is 1. The van der Waals surface area contributed by atoms with E-state index >= 15 is 0 Å². The lowest BCUT2D eigenvalue weighted by atomic mass is 9.63. The molecular weight excluding hydrogens is 252 g/mol. The van der Waals surface area contributed by atoms with E-state index < -0.39 is 5.41 Å². The number of rotatable bonds is 4. The molecule has 4 heteroatoms. The molecule has 0 aliphatic carbocycles. The van der Waals surface area contributed by atoms with Crippen molar-refractivity contribution in [2.24, 2.45) is 5.92 Å². The zero-order valence-electron chi connectivity index (χ0n) is 12.1. The van der Waals surface area contributed by atoms with E-state index in [0.29, 0.717) is 18.5 Å². The fourth-order valence-electron chi connectivity index (χ4n) is 3.37. The van der Waals surface area contributed by atoms with Crippen LogP contribution in [0.5, 0.6) is 0 Å². The highest BCUT2D eigenvalue weighted by atomic mass is 16.2. The molecule has 20 heavy (non-hydrogen) atoms. The number of hydrogen-bond donors (Lipinski definition) is 2. The van der Waals surface area contributed by atoms with Crippen LogP contribution < -0.4 is 11.1 Å². The van der Waals surface area contributed by atoms with Crippen molar-refractivity contribution >= 4 is 17.5 Å². The number of carbonyl (C=O) groups is 2. The van der Waals surface area contributed by atoms with E-state index in [9.17, 15) is 9.59 Å². The van der Waals surface area contributed by atoms with Gasteiger partial charge in [0.1, 0.15) is 0 Å². The number of benzene rings is 1. The van der Waals surface area contributed by atoms with Crippen LogP contribution in [0.3, 0.4) is 0 Å². The third kappa shape index (κ3) is 2.30. The molecular formula is C16H22N2O2. The van der Waals surface area contributed by atoms with Crippen LogP contribution in [0, 0.1) is 5.92 Å². The lowest BCUT2D eigenvalue weighted by Crippen LogP contribution is -2.56. The Labute approximate surface area is 119 Å². The van der Waals surface area contributed by atoms with Gasteiger partial charge in [-0.05, 0) is 36.5 Å². The quantitative estimate of drug-likeness (QED) is 0.654. The molecule has 1 aliphatic heterocycles. The Balaban J connectivity index is 2.50. The summed E-state index contributed by atoms with van der Waals surface area (Å²) < 4.78 is 0. The zero-order valence-corrected chi connectivity index (χ0v) is 12.1. The molecule has 108 valence electrons. The van der Waals surface area contributed by atoms with Crippen molar-refractivity contribution in [3.8, 4) is 0 Å². The average Bonchev–Trinajstić information content (AvgIpc) is 2.41. The molecule has 3 N–H and O–H groups in total. The lowest BCUT2D eigenvalue weighted by Gasteiger charge is -2.42. The summed E-state index contributed by atoms with van der Waals surface area (Å²) >= 11 is 0. The van der Waals surface area contributed by atoms with Gasteiger partial charge >= 0.3 is 0 Å². The number of nitrogens with two attached hydrogens (primary N) is 1. The Bertz CT molecular complexity index is 510. The van der Waals surface area contributed by atoms with Gasteiger partial charge in [0.05, 0.1) is 5.41 Å². The van der Waals surface area contributed by atoms with Crippen LogP contribution in [0.15, 0.2) is 24.3 Å². The molecule has 4 nitrogen and oxygen atoms in total. The fraction of sp³-hybridized carbons (Fsp3) is 0.500. The molecule has 0 unspecified atom stereocenters. The monoisotopic (exact) mass is 274 g/mol. The van der Waals surface area contributed by atoms with Gasteiger partial charge in [-0.15, -0.1) is 0 Å². The van der Waals surface area contributed by atoms with E-state index in [1.54, 1.807) is 0 Å². The van der Waals surface area contributed by atoms with Crippen molar-refractivity contribution in [2.75, 3.05) is 5.73 Å². The Morgan fingerprint density at radius 2 is 1.90 bits per heavy atom. The molecule has 2 rings (SSSR count). The number of hydrogen-bond acceptors (Lipinski definition) is 3. The first-order chi connectivity index (χ1) is 9.54. The molecule has 1 aromatic carbocycles. The van der Waals surface area contributed by atoms with Crippen molar-refractivity contribution in [1.82, 2.24) is 5.32 Å². The van der Waals surface area contributed by atoms with Crippen molar-refractivity contribution in [1.29, 1.82) is 0 Å². The minimum absolute atomic E-state index is 0.0578. The molecule has 0 radical (unpaired) electrons. The van der Waals surface area contributed by atoms with E-state index in [4.69, 9.17) is 5.73 Å². The predicted octanol–water partition coefficient (Wildman–Crippen LogP) is 2.38. The van der Waals surface area contributed by atoms with Gasteiger partial charge in [0, 0.05) is 12.1 Å². The van der Waals surface area contributed by atoms with Crippen LogP contribution in [-0.4, -0.2) is 11.8 Å². The van der Waals surface area contributed by atoms with Gasteiger partial charge in [0.15, 0.2) is 0 Å². The maximum Gasteiger partial charge on any atom is 0.237 e. The first-order valence-corrected chi connectivity index (χ1v) is 7.24. The van der Waals surface area contributed by atoms with Gasteiger partial charge < -0.3 is 5.73 Å². The summed E-state index contributed by atoms with van der Waals surface area (Å²) in [6.07, 6.45) is 2.93. The summed E-state index contributed by atoms with van der Waals surface area (Å²) in [5, 5.41) is 2.51. The zero-order chi connectivity index (χ0) is 14.8. The van der Waals surface area contributed by atoms with Crippen molar-refractivity contribution in [3.05, 3.63) is 29.8 Å². The molecule has 2 amide bonds. The van der Waals surface area contributed by atoms with Crippen LogP contribution >= 0.6 is 0 Å². The van der Waals surface area contributed by atoms with E-state index in [-0.39, 0.29) is 17.7 Å². The number of nitrogen functional groups attached to an aromatic ring is 1. The second kappa shape index (κ2) is 5.65. The number of anilines is 1. The van der Waals surface area contributed by atoms with E-state index in [1.807, 2.05) is 31.2 Å². The number of carbonyl (C=O) groups excluding carboxylic acids is 2. The maximum absolute atomic E-state index is 12.6. The van der Waals surface area contributed by atoms with Gasteiger partial charge in [-0.2, -0.15) is 0 Å². The summed E-state index contributed by atoms with van der Waals surface area (Å²) in [5.74, 6) is -0.269. The summed E-state index contributed by atoms with van der Waals surface area (Å²) in [6.45, 7) is 4.09. The highest BCUT2D eigenvalue weighted by molar-refractivity contribution is 6.04. The minimum Gasteiger partial charge on any atom is -0.399 e. The number of imide groups is 1. The van der Waals surface area contributed by atoms with Crippen LogP contribution in [0.2, 0.25) is 0 Å². The molecule has 0 spiro atoms. The van der Waals surface area contributed by atoms with E-state index in [0.717, 1.165) is 18.4 Å². The van der Waals surface area contributed by atoms with Crippen molar-refractivity contribution in [3.63, 3.8) is 0 Å². The van der Waals surface area contributed by atoms with Gasteiger partial charge in [-0.3, -0.25) is 14.9 Å². The van der Waals surface area contributed by atoms with Crippen molar-refractivity contribution < 1.29 is 9.59 Å². The Kier molecular flexibility index (Phi) is 4.12. The summed E-state index contributed by atoms with van der Waals surface area (Å²) in [6, 6.07) is 7.46.